The molecule has 0 unspecified atom stereocenters. The van der Waals surface area contributed by atoms with Gasteiger partial charge in [-0.15, -0.1) is 11.3 Å². The monoisotopic (exact) mass is 483 g/mol. The van der Waals surface area contributed by atoms with Gasteiger partial charge in [0.05, 0.1) is 26.3 Å². The minimum Gasteiger partial charge on any atom is -0.497 e. The van der Waals surface area contributed by atoms with E-state index in [-0.39, 0.29) is 18.9 Å². The van der Waals surface area contributed by atoms with Crippen molar-refractivity contribution in [2.24, 2.45) is 0 Å². The number of aromatic nitrogens is 1. The zero-order chi connectivity index (χ0) is 24.5. The third kappa shape index (κ3) is 6.48. The van der Waals surface area contributed by atoms with Crippen LogP contribution in [0.4, 0.5) is 5.13 Å². The molecule has 1 amide bonds. The number of methoxy groups -OCH3 is 2. The van der Waals surface area contributed by atoms with Crippen molar-refractivity contribution in [1.29, 1.82) is 0 Å². The SMILES string of the molecule is CCCN(Cc1ccc(C(=O)NCCC(=O)O)cc1)c1nc(-c2cc(OC)ccc2OC)cs1. The Bertz CT molecular complexity index is 1110. The first-order chi connectivity index (χ1) is 16.4. The summed E-state index contributed by atoms with van der Waals surface area (Å²) in [7, 11) is 3.27. The number of amides is 1. The Kier molecular flexibility index (Phi) is 8.86. The van der Waals surface area contributed by atoms with Gasteiger partial charge in [0.2, 0.25) is 0 Å². The molecule has 0 radical (unpaired) electrons. The number of rotatable bonds is 12. The predicted octanol–water partition coefficient (Wildman–Crippen LogP) is 4.45. The Hall–Kier alpha value is -3.59. The fourth-order valence-electron chi connectivity index (χ4n) is 3.43. The number of benzene rings is 2. The Morgan fingerprint density at radius 2 is 1.88 bits per heavy atom. The van der Waals surface area contributed by atoms with Crippen LogP contribution in [0.5, 0.6) is 11.5 Å². The standard InChI is InChI=1S/C25H29N3O5S/c1-4-13-28(15-17-5-7-18(8-6-17)24(31)26-12-11-23(29)30)25-27-21(16-34-25)20-14-19(32-2)9-10-22(20)33-3/h5-10,14,16H,4,11-13,15H2,1-3H3,(H,26,31)(H,29,30). The van der Waals surface area contributed by atoms with Crippen LogP contribution in [0, 0.1) is 0 Å². The molecule has 0 bridgehead atoms. The van der Waals surface area contributed by atoms with Gasteiger partial charge in [0.25, 0.3) is 5.91 Å². The highest BCUT2D eigenvalue weighted by Crippen LogP contribution is 2.36. The Morgan fingerprint density at radius 1 is 1.12 bits per heavy atom. The van der Waals surface area contributed by atoms with Gasteiger partial charge in [-0.25, -0.2) is 4.98 Å². The molecule has 0 atom stereocenters. The zero-order valence-electron chi connectivity index (χ0n) is 19.5. The van der Waals surface area contributed by atoms with Crippen molar-refractivity contribution in [3.8, 4) is 22.8 Å². The number of thiazole rings is 1. The molecule has 1 aromatic heterocycles. The summed E-state index contributed by atoms with van der Waals surface area (Å²) in [4.78, 5) is 29.9. The third-order valence-corrected chi connectivity index (χ3v) is 6.05. The summed E-state index contributed by atoms with van der Waals surface area (Å²) in [5.41, 5.74) is 3.24. The van der Waals surface area contributed by atoms with Crippen LogP contribution >= 0.6 is 11.3 Å². The van der Waals surface area contributed by atoms with Gasteiger partial charge in [0.1, 0.15) is 11.5 Å². The number of carbonyl (C=O) groups excluding carboxylic acids is 1. The van der Waals surface area contributed by atoms with E-state index in [4.69, 9.17) is 19.6 Å². The second kappa shape index (κ2) is 12.0. The van der Waals surface area contributed by atoms with Crippen LogP contribution in [0.1, 0.15) is 35.7 Å². The summed E-state index contributed by atoms with van der Waals surface area (Å²) < 4.78 is 10.9. The molecule has 2 N–H and O–H groups in total. The number of carbonyl (C=O) groups is 2. The van der Waals surface area contributed by atoms with E-state index in [2.05, 4.69) is 17.1 Å². The molecule has 0 saturated carbocycles. The maximum Gasteiger partial charge on any atom is 0.305 e. The van der Waals surface area contributed by atoms with Crippen molar-refractivity contribution in [2.75, 3.05) is 32.2 Å². The first kappa shape index (κ1) is 25.0. The van der Waals surface area contributed by atoms with Crippen LogP contribution in [0.25, 0.3) is 11.3 Å². The topological polar surface area (TPSA) is 101 Å². The summed E-state index contributed by atoms with van der Waals surface area (Å²) in [6.07, 6.45) is 0.856. The van der Waals surface area contributed by atoms with Gasteiger partial charge in [-0.05, 0) is 42.3 Å². The van der Waals surface area contributed by atoms with E-state index in [0.29, 0.717) is 12.1 Å². The predicted molar refractivity (Wildman–Crippen MR) is 133 cm³/mol. The number of nitrogens with zero attached hydrogens (tertiary/aromatic N) is 2. The largest absolute Gasteiger partial charge is 0.497 e. The van der Waals surface area contributed by atoms with Crippen molar-refractivity contribution in [3.63, 3.8) is 0 Å². The number of nitrogens with one attached hydrogen (secondary N) is 1. The highest BCUT2D eigenvalue weighted by atomic mass is 32.1. The highest BCUT2D eigenvalue weighted by molar-refractivity contribution is 7.14. The molecule has 0 aliphatic rings. The van der Waals surface area contributed by atoms with Gasteiger partial charge in [0.15, 0.2) is 5.13 Å². The summed E-state index contributed by atoms with van der Waals surface area (Å²) in [5, 5.41) is 14.2. The molecule has 3 aromatic rings. The number of anilines is 1. The molecular weight excluding hydrogens is 454 g/mol. The molecule has 9 heteroatoms. The Labute approximate surface area is 203 Å². The van der Waals surface area contributed by atoms with Crippen LogP contribution in [0.3, 0.4) is 0 Å². The summed E-state index contributed by atoms with van der Waals surface area (Å²) in [5.74, 6) is 0.247. The quantitative estimate of drug-likeness (QED) is 0.392. The molecule has 180 valence electrons. The third-order valence-electron chi connectivity index (χ3n) is 5.15. The van der Waals surface area contributed by atoms with Gasteiger partial charge in [0, 0.05) is 36.1 Å². The van der Waals surface area contributed by atoms with Gasteiger partial charge in [-0.2, -0.15) is 0 Å². The molecule has 0 fully saturated rings. The number of aliphatic carboxylic acids is 1. The second-order valence-corrected chi connectivity index (χ2v) is 8.44. The minimum atomic E-state index is -0.943. The maximum absolute atomic E-state index is 12.2. The van der Waals surface area contributed by atoms with Crippen molar-refractivity contribution in [3.05, 3.63) is 59.0 Å². The fourth-order valence-corrected chi connectivity index (χ4v) is 4.28. The molecule has 34 heavy (non-hydrogen) atoms. The van der Waals surface area contributed by atoms with E-state index >= 15 is 0 Å². The molecule has 1 heterocycles. The molecule has 0 saturated heterocycles. The molecular formula is C25H29N3O5S. The smallest absolute Gasteiger partial charge is 0.305 e. The number of hydrogen-bond acceptors (Lipinski definition) is 7. The average molecular weight is 484 g/mol. The van der Waals surface area contributed by atoms with Crippen molar-refractivity contribution >= 4 is 28.3 Å². The lowest BCUT2D eigenvalue weighted by Crippen LogP contribution is -2.26. The molecule has 8 nitrogen and oxygen atoms in total. The van der Waals surface area contributed by atoms with Crippen LogP contribution in [0.2, 0.25) is 0 Å². The van der Waals surface area contributed by atoms with Crippen LogP contribution in [0.15, 0.2) is 47.8 Å². The summed E-state index contributed by atoms with van der Waals surface area (Å²) in [6.45, 7) is 3.71. The first-order valence-corrected chi connectivity index (χ1v) is 11.8. The van der Waals surface area contributed by atoms with Crippen LogP contribution in [-0.2, 0) is 11.3 Å². The van der Waals surface area contributed by atoms with Crippen molar-refractivity contribution in [2.45, 2.75) is 26.3 Å². The number of ether oxygens (including phenoxy) is 2. The van der Waals surface area contributed by atoms with Crippen LogP contribution in [-0.4, -0.2) is 49.3 Å². The van der Waals surface area contributed by atoms with Gasteiger partial charge in [-0.3, -0.25) is 9.59 Å². The Morgan fingerprint density at radius 3 is 2.53 bits per heavy atom. The molecule has 0 aliphatic heterocycles. The average Bonchev–Trinajstić information content (AvgIpc) is 3.33. The van der Waals surface area contributed by atoms with E-state index < -0.39 is 5.97 Å². The van der Waals surface area contributed by atoms with Gasteiger partial charge >= 0.3 is 5.97 Å². The number of carboxylic acid groups (broad SMARTS) is 1. The first-order valence-electron chi connectivity index (χ1n) is 11.0. The van der Waals surface area contributed by atoms with E-state index in [1.165, 1.54) is 0 Å². The zero-order valence-corrected chi connectivity index (χ0v) is 20.4. The van der Waals surface area contributed by atoms with E-state index in [1.54, 1.807) is 37.7 Å². The molecule has 0 aliphatic carbocycles. The van der Waals surface area contributed by atoms with E-state index in [1.807, 2.05) is 35.7 Å². The second-order valence-electron chi connectivity index (χ2n) is 7.60. The maximum atomic E-state index is 12.2. The Balaban J connectivity index is 1.74. The fraction of sp³-hybridized carbons (Fsp3) is 0.320. The van der Waals surface area contributed by atoms with E-state index in [9.17, 15) is 9.59 Å². The summed E-state index contributed by atoms with van der Waals surface area (Å²) in [6, 6.07) is 13.0. The molecule has 3 rings (SSSR count). The van der Waals surface area contributed by atoms with Crippen molar-refractivity contribution < 1.29 is 24.2 Å². The molecule has 2 aromatic carbocycles. The lowest BCUT2D eigenvalue weighted by Gasteiger charge is -2.21. The normalized spacial score (nSPS) is 10.6. The lowest BCUT2D eigenvalue weighted by atomic mass is 10.1. The van der Waals surface area contributed by atoms with E-state index in [0.717, 1.165) is 46.4 Å². The number of hydrogen-bond donors (Lipinski definition) is 2. The highest BCUT2D eigenvalue weighted by Gasteiger charge is 2.16. The summed E-state index contributed by atoms with van der Waals surface area (Å²) >= 11 is 1.57. The molecule has 0 spiro atoms. The number of carboxylic acids is 1. The van der Waals surface area contributed by atoms with Gasteiger partial charge < -0.3 is 24.8 Å². The minimum absolute atomic E-state index is 0.102. The lowest BCUT2D eigenvalue weighted by molar-refractivity contribution is -0.136. The van der Waals surface area contributed by atoms with Crippen LogP contribution < -0.4 is 19.7 Å². The van der Waals surface area contributed by atoms with Gasteiger partial charge in [-0.1, -0.05) is 19.1 Å². The van der Waals surface area contributed by atoms with Crippen molar-refractivity contribution in [1.82, 2.24) is 10.3 Å².